The van der Waals surface area contributed by atoms with E-state index in [1.807, 2.05) is 12.1 Å². The summed E-state index contributed by atoms with van der Waals surface area (Å²) in [5.41, 5.74) is 8.61. The van der Waals surface area contributed by atoms with Crippen LogP contribution in [0.25, 0.3) is 0 Å². The first-order valence-corrected chi connectivity index (χ1v) is 11.9. The fraction of sp³-hybridized carbons (Fsp3) is 1.00. The Bertz CT molecular complexity index is 759. The van der Waals surface area contributed by atoms with Gasteiger partial charge in [-0.1, -0.05) is 0 Å². The van der Waals surface area contributed by atoms with Gasteiger partial charge in [0.25, 0.3) is 0 Å². The van der Waals surface area contributed by atoms with Gasteiger partial charge in [-0.15, -0.1) is 0 Å². The summed E-state index contributed by atoms with van der Waals surface area (Å²) in [6, 6.07) is -2.24. The quantitative estimate of drug-likeness (QED) is 0.296. The lowest BCUT2D eigenvalue weighted by molar-refractivity contribution is -0.156. The van der Waals surface area contributed by atoms with Crippen molar-refractivity contribution in [3.8, 4) is 0 Å². The molecule has 0 radical (unpaired) electrons. The molecule has 4 aliphatic heterocycles. The van der Waals surface area contributed by atoms with Crippen molar-refractivity contribution < 1.29 is 26.3 Å². The molecule has 0 aliphatic carbocycles. The van der Waals surface area contributed by atoms with Crippen molar-refractivity contribution in [1.29, 1.82) is 0 Å². The number of alkyl halides is 3. The highest BCUT2D eigenvalue weighted by Crippen LogP contribution is 2.31. The van der Waals surface area contributed by atoms with Gasteiger partial charge in [0.05, 0.1) is 12.2 Å². The third-order valence-electron chi connectivity index (χ3n) is 6.73. The summed E-state index contributed by atoms with van der Waals surface area (Å²) in [6.45, 7) is 1.65. The second kappa shape index (κ2) is 8.62. The third kappa shape index (κ3) is 4.58. The Morgan fingerprint density at radius 3 is 2.48 bits per heavy atom. The van der Waals surface area contributed by atoms with Gasteiger partial charge < -0.3 is 4.74 Å². The van der Waals surface area contributed by atoms with Crippen LogP contribution >= 0.6 is 0 Å². The van der Waals surface area contributed by atoms with Crippen LogP contribution in [0.5, 0.6) is 0 Å². The van der Waals surface area contributed by atoms with Crippen LogP contribution in [0.15, 0.2) is 0 Å². The zero-order valence-electron chi connectivity index (χ0n) is 17.7. The molecule has 4 aliphatic rings. The first-order chi connectivity index (χ1) is 14.5. The molecule has 0 amide bonds. The van der Waals surface area contributed by atoms with Gasteiger partial charge in [-0.2, -0.15) is 13.2 Å². The van der Waals surface area contributed by atoms with Crippen molar-refractivity contribution in [2.45, 2.75) is 48.4 Å². The fourth-order valence-electron chi connectivity index (χ4n) is 5.05. The number of nitrogens with one attached hydrogen (secondary N) is 5. The molecule has 0 spiro atoms. The summed E-state index contributed by atoms with van der Waals surface area (Å²) >= 11 is 0. The van der Waals surface area contributed by atoms with Crippen molar-refractivity contribution in [2.24, 2.45) is 5.92 Å². The number of halogens is 3. The highest BCUT2D eigenvalue weighted by molar-refractivity contribution is 7.90. The Labute approximate surface area is 180 Å². The molecule has 7 atom stereocenters. The molecule has 15 heteroatoms. The van der Waals surface area contributed by atoms with Gasteiger partial charge in [0.15, 0.2) is 0 Å². The molecule has 7 unspecified atom stereocenters. The molecular formula is C16H31F3N8O3S. The summed E-state index contributed by atoms with van der Waals surface area (Å²) in [4.78, 5) is 0. The number of likely N-dealkylation sites (N-methyl/N-ethyl adjacent to an activating group) is 1. The van der Waals surface area contributed by atoms with Gasteiger partial charge >= 0.3 is 6.18 Å². The van der Waals surface area contributed by atoms with E-state index in [0.29, 0.717) is 6.54 Å². The minimum absolute atomic E-state index is 0.0795. The van der Waals surface area contributed by atoms with Crippen LogP contribution in [0, 0.1) is 5.92 Å². The minimum Gasteiger partial charge on any atom is -0.365 e. The predicted molar refractivity (Wildman–Crippen MR) is 105 cm³/mol. The topological polar surface area (TPSA) is 113 Å². The van der Waals surface area contributed by atoms with Crippen LogP contribution in [0.2, 0.25) is 0 Å². The number of hydrogen-bond acceptors (Lipinski definition) is 10. The lowest BCUT2D eigenvalue weighted by Crippen LogP contribution is -2.67. The number of methoxy groups -OCH3 is 1. The average molecular weight is 473 g/mol. The number of fused-ring (bicyclic) bond motifs is 1. The smallest absolute Gasteiger partial charge is 0.365 e. The molecule has 4 fully saturated rings. The maximum absolute atomic E-state index is 13.2. The summed E-state index contributed by atoms with van der Waals surface area (Å²) in [6.07, 6.45) is -5.64. The largest absolute Gasteiger partial charge is 0.405 e. The molecule has 5 N–H and O–H groups in total. The van der Waals surface area contributed by atoms with Crippen LogP contribution in [0.4, 0.5) is 13.2 Å². The minimum atomic E-state index is -4.36. The second-order valence-corrected chi connectivity index (χ2v) is 10.7. The summed E-state index contributed by atoms with van der Waals surface area (Å²) in [5, 5.41) is 7.30. The maximum atomic E-state index is 13.2. The molecule has 0 aromatic rings. The monoisotopic (exact) mass is 472 g/mol. The van der Waals surface area contributed by atoms with E-state index in [0.717, 1.165) is 6.54 Å². The molecular weight excluding hydrogens is 441 g/mol. The molecule has 0 aromatic carbocycles. The van der Waals surface area contributed by atoms with E-state index in [1.54, 1.807) is 5.01 Å². The molecule has 4 heterocycles. The molecule has 180 valence electrons. The number of nitrogens with zero attached hydrogens (tertiary/aromatic N) is 3. The molecule has 0 aromatic heterocycles. The number of rotatable bonds is 5. The molecule has 0 bridgehead atoms. The second-order valence-electron chi connectivity index (χ2n) is 8.66. The van der Waals surface area contributed by atoms with Gasteiger partial charge in [0.1, 0.15) is 17.5 Å². The van der Waals surface area contributed by atoms with E-state index in [-0.39, 0.29) is 31.5 Å². The maximum Gasteiger partial charge on any atom is 0.405 e. The number of sulfonamides is 1. The van der Waals surface area contributed by atoms with Gasteiger partial charge in [-0.05, 0) is 0 Å². The third-order valence-corrected chi connectivity index (χ3v) is 8.53. The number of hydrogen-bond donors (Lipinski definition) is 5. The number of ether oxygens (including phenoxy) is 1. The van der Waals surface area contributed by atoms with Crippen LogP contribution in [0.3, 0.4) is 0 Å². The van der Waals surface area contributed by atoms with Gasteiger partial charge in [-0.3, -0.25) is 16.2 Å². The van der Waals surface area contributed by atoms with Crippen molar-refractivity contribution in [3.63, 3.8) is 0 Å². The molecule has 4 saturated heterocycles. The van der Waals surface area contributed by atoms with Crippen molar-refractivity contribution in [1.82, 2.24) is 41.3 Å². The SMILES string of the molecule is COC1NCC2CNN(C)C2C1NS(=O)(=O)C1CNN(C2CC(C(F)(F)F)NN2C)C1. The normalized spacial score (nSPS) is 41.2. The Morgan fingerprint density at radius 2 is 1.84 bits per heavy atom. The van der Waals surface area contributed by atoms with Crippen molar-refractivity contribution in [2.75, 3.05) is 47.4 Å². The Kier molecular flexibility index (Phi) is 6.55. The zero-order chi connectivity index (χ0) is 22.6. The van der Waals surface area contributed by atoms with Gasteiger partial charge in [0.2, 0.25) is 10.0 Å². The Morgan fingerprint density at radius 1 is 1.10 bits per heavy atom. The fourth-order valence-corrected chi connectivity index (χ4v) is 6.54. The summed E-state index contributed by atoms with van der Waals surface area (Å²) in [7, 11) is 1.16. The van der Waals surface area contributed by atoms with Gasteiger partial charge in [0, 0.05) is 65.8 Å². The highest BCUT2D eigenvalue weighted by Gasteiger charge is 2.51. The lowest BCUT2D eigenvalue weighted by Gasteiger charge is -2.41. The standard InChI is InChI=1S/C16H31F3N8O3S/c1-25-12(4-11(23-25)16(17,18)19)27-8-10(7-22-27)31(28,29)24-13-14-9(6-21-26(14)2)5-20-15(13)30-3/h9-15,20-24H,4-8H2,1-3H3. The van der Waals surface area contributed by atoms with Crippen LogP contribution in [-0.2, 0) is 14.8 Å². The predicted octanol–water partition coefficient (Wildman–Crippen LogP) is -2.43. The number of piperidine rings is 1. The molecule has 31 heavy (non-hydrogen) atoms. The highest BCUT2D eigenvalue weighted by atomic mass is 32.2. The number of hydrazine groups is 3. The van der Waals surface area contributed by atoms with Crippen LogP contribution < -0.4 is 26.3 Å². The van der Waals surface area contributed by atoms with E-state index in [9.17, 15) is 21.6 Å². The van der Waals surface area contributed by atoms with E-state index < -0.39 is 45.9 Å². The molecule has 4 rings (SSSR count). The van der Waals surface area contributed by atoms with Crippen LogP contribution in [0.1, 0.15) is 6.42 Å². The van der Waals surface area contributed by atoms with E-state index in [4.69, 9.17) is 4.74 Å². The van der Waals surface area contributed by atoms with E-state index in [2.05, 4.69) is 26.3 Å². The Hall–Kier alpha value is -0.620. The van der Waals surface area contributed by atoms with Gasteiger partial charge in [-0.25, -0.2) is 33.6 Å². The van der Waals surface area contributed by atoms with E-state index in [1.165, 1.54) is 19.2 Å². The molecule has 11 nitrogen and oxygen atoms in total. The Balaban J connectivity index is 1.42. The average Bonchev–Trinajstić information content (AvgIpc) is 3.40. The van der Waals surface area contributed by atoms with Crippen LogP contribution in [-0.4, -0.2) is 113 Å². The first kappa shape index (κ1) is 23.5. The molecule has 0 saturated carbocycles. The van der Waals surface area contributed by atoms with Crippen molar-refractivity contribution >= 4 is 10.0 Å². The van der Waals surface area contributed by atoms with Crippen molar-refractivity contribution in [3.05, 3.63) is 0 Å². The zero-order valence-corrected chi connectivity index (χ0v) is 18.5. The summed E-state index contributed by atoms with van der Waals surface area (Å²) in [5.74, 6) is 0.222. The summed E-state index contributed by atoms with van der Waals surface area (Å²) < 4.78 is 73.9. The first-order valence-electron chi connectivity index (χ1n) is 10.3. The lowest BCUT2D eigenvalue weighted by atomic mass is 9.90. The van der Waals surface area contributed by atoms with E-state index >= 15 is 0 Å².